The number of hydrogen-bond acceptors (Lipinski definition) is 4. The average molecular weight is 300 g/mol. The molecule has 20 heavy (non-hydrogen) atoms. The van der Waals surface area contributed by atoms with Crippen LogP contribution in [-0.4, -0.2) is 28.6 Å². The number of esters is 1. The molecule has 0 radical (unpaired) electrons. The number of phenolic OH excluding ortho intramolecular Hbond substituents is 1. The fourth-order valence-electron chi connectivity index (χ4n) is 1.42. The van der Waals surface area contributed by atoms with Crippen LogP contribution < -0.4 is 5.32 Å². The van der Waals surface area contributed by atoms with Gasteiger partial charge in [0.2, 0.25) is 0 Å². The lowest BCUT2D eigenvalue weighted by molar-refractivity contribution is -0.156. The molecule has 6 heteroatoms. The number of ether oxygens (including phenoxy) is 1. The van der Waals surface area contributed by atoms with Gasteiger partial charge in [-0.15, -0.1) is 0 Å². The summed E-state index contributed by atoms with van der Waals surface area (Å²) < 4.78 is 5.15. The van der Waals surface area contributed by atoms with Crippen LogP contribution in [0.4, 0.5) is 0 Å². The summed E-state index contributed by atoms with van der Waals surface area (Å²) in [6.45, 7) is 6.73. The summed E-state index contributed by atoms with van der Waals surface area (Å²) in [5, 5.41) is 12.4. The summed E-state index contributed by atoms with van der Waals surface area (Å²) in [7, 11) is 0. The molecule has 1 aromatic carbocycles. The number of amides is 1. The summed E-state index contributed by atoms with van der Waals surface area (Å²) in [5.41, 5.74) is -0.580. The standard InChI is InChI=1S/C14H18ClNO4/c1-8(13(19)20-14(2,3)4)16-12(18)10-6-5-9(15)7-11(10)17/h5-8,17H,1-4H3,(H,16,18)/t8-/m1/s1. The van der Waals surface area contributed by atoms with Crippen molar-refractivity contribution in [3.05, 3.63) is 28.8 Å². The third-order valence-electron chi connectivity index (χ3n) is 2.31. The van der Waals surface area contributed by atoms with Crippen molar-refractivity contribution in [1.29, 1.82) is 0 Å². The van der Waals surface area contributed by atoms with Crippen molar-refractivity contribution in [3.63, 3.8) is 0 Å². The fourth-order valence-corrected chi connectivity index (χ4v) is 1.59. The molecule has 0 saturated heterocycles. The lowest BCUT2D eigenvalue weighted by atomic mass is 10.1. The Balaban J connectivity index is 2.73. The Hall–Kier alpha value is -1.75. The van der Waals surface area contributed by atoms with Crippen LogP contribution in [0.1, 0.15) is 38.1 Å². The van der Waals surface area contributed by atoms with Crippen LogP contribution in [0.5, 0.6) is 5.75 Å². The second-order valence-electron chi connectivity index (χ2n) is 5.39. The van der Waals surface area contributed by atoms with Crippen molar-refractivity contribution in [2.24, 2.45) is 0 Å². The Labute approximate surface area is 122 Å². The molecule has 0 aliphatic heterocycles. The zero-order chi connectivity index (χ0) is 15.5. The summed E-state index contributed by atoms with van der Waals surface area (Å²) in [6.07, 6.45) is 0. The summed E-state index contributed by atoms with van der Waals surface area (Å²) in [5.74, 6) is -1.36. The second-order valence-corrected chi connectivity index (χ2v) is 5.83. The average Bonchev–Trinajstić information content (AvgIpc) is 2.26. The summed E-state index contributed by atoms with van der Waals surface area (Å²) in [6, 6.07) is 3.30. The van der Waals surface area contributed by atoms with Gasteiger partial charge in [-0.1, -0.05) is 11.6 Å². The molecule has 0 saturated carbocycles. The molecular formula is C14H18ClNO4. The van der Waals surface area contributed by atoms with E-state index in [0.717, 1.165) is 0 Å². The van der Waals surface area contributed by atoms with Gasteiger partial charge in [0.25, 0.3) is 5.91 Å². The van der Waals surface area contributed by atoms with Crippen molar-refractivity contribution in [2.75, 3.05) is 0 Å². The molecule has 5 nitrogen and oxygen atoms in total. The highest BCUT2D eigenvalue weighted by atomic mass is 35.5. The molecule has 0 aromatic heterocycles. The largest absolute Gasteiger partial charge is 0.507 e. The van der Waals surface area contributed by atoms with Crippen LogP contribution in [0.2, 0.25) is 5.02 Å². The van der Waals surface area contributed by atoms with Gasteiger partial charge >= 0.3 is 5.97 Å². The molecular weight excluding hydrogens is 282 g/mol. The van der Waals surface area contributed by atoms with Crippen LogP contribution in [0, 0.1) is 0 Å². The topological polar surface area (TPSA) is 75.6 Å². The van der Waals surface area contributed by atoms with Gasteiger partial charge in [-0.25, -0.2) is 4.79 Å². The van der Waals surface area contributed by atoms with Gasteiger partial charge in [-0.05, 0) is 45.9 Å². The Morgan fingerprint density at radius 3 is 2.45 bits per heavy atom. The van der Waals surface area contributed by atoms with E-state index in [9.17, 15) is 14.7 Å². The molecule has 2 N–H and O–H groups in total. The number of benzene rings is 1. The Bertz CT molecular complexity index is 522. The van der Waals surface area contributed by atoms with Gasteiger partial charge in [0.15, 0.2) is 0 Å². The van der Waals surface area contributed by atoms with E-state index in [1.807, 2.05) is 0 Å². The van der Waals surface area contributed by atoms with E-state index in [1.54, 1.807) is 20.8 Å². The number of hydrogen-bond donors (Lipinski definition) is 2. The van der Waals surface area contributed by atoms with E-state index in [0.29, 0.717) is 5.02 Å². The van der Waals surface area contributed by atoms with E-state index in [1.165, 1.54) is 25.1 Å². The van der Waals surface area contributed by atoms with Gasteiger partial charge in [-0.2, -0.15) is 0 Å². The maximum Gasteiger partial charge on any atom is 0.328 e. The van der Waals surface area contributed by atoms with E-state index >= 15 is 0 Å². The highest BCUT2D eigenvalue weighted by molar-refractivity contribution is 6.30. The van der Waals surface area contributed by atoms with Crippen LogP contribution in [0.3, 0.4) is 0 Å². The lowest BCUT2D eigenvalue weighted by Gasteiger charge is -2.22. The lowest BCUT2D eigenvalue weighted by Crippen LogP contribution is -2.42. The van der Waals surface area contributed by atoms with E-state index in [4.69, 9.17) is 16.3 Å². The van der Waals surface area contributed by atoms with Crippen molar-refractivity contribution < 1.29 is 19.4 Å². The third kappa shape index (κ3) is 4.74. The first-order chi connectivity index (χ1) is 9.10. The molecule has 0 aliphatic rings. The Morgan fingerprint density at radius 1 is 1.35 bits per heavy atom. The quantitative estimate of drug-likeness (QED) is 0.841. The molecule has 0 fully saturated rings. The highest BCUT2D eigenvalue weighted by Crippen LogP contribution is 2.21. The van der Waals surface area contributed by atoms with Crippen LogP contribution in [0.15, 0.2) is 18.2 Å². The molecule has 1 atom stereocenters. The van der Waals surface area contributed by atoms with Crippen molar-refractivity contribution >= 4 is 23.5 Å². The normalized spacial score (nSPS) is 12.7. The zero-order valence-electron chi connectivity index (χ0n) is 11.9. The maximum absolute atomic E-state index is 11.9. The number of phenols is 1. The SMILES string of the molecule is C[C@@H](NC(=O)c1ccc(Cl)cc1O)C(=O)OC(C)(C)C. The molecule has 1 aromatic rings. The zero-order valence-corrected chi connectivity index (χ0v) is 12.6. The molecule has 110 valence electrons. The second kappa shape index (κ2) is 6.13. The minimum absolute atomic E-state index is 0.0461. The van der Waals surface area contributed by atoms with E-state index in [-0.39, 0.29) is 11.3 Å². The summed E-state index contributed by atoms with van der Waals surface area (Å²) in [4.78, 5) is 23.7. The van der Waals surface area contributed by atoms with Gasteiger partial charge in [-0.3, -0.25) is 4.79 Å². The molecule has 0 spiro atoms. The number of carbonyl (C=O) groups excluding carboxylic acids is 2. The smallest absolute Gasteiger partial charge is 0.328 e. The first-order valence-corrected chi connectivity index (χ1v) is 6.50. The molecule has 0 heterocycles. The molecule has 0 aliphatic carbocycles. The minimum atomic E-state index is -0.822. The molecule has 0 unspecified atom stereocenters. The van der Waals surface area contributed by atoms with E-state index in [2.05, 4.69) is 5.32 Å². The number of carbonyl (C=O) groups is 2. The van der Waals surface area contributed by atoms with Crippen molar-refractivity contribution in [1.82, 2.24) is 5.32 Å². The van der Waals surface area contributed by atoms with Gasteiger partial charge in [0.1, 0.15) is 17.4 Å². The number of nitrogens with one attached hydrogen (secondary N) is 1. The van der Waals surface area contributed by atoms with Crippen LogP contribution >= 0.6 is 11.6 Å². The molecule has 0 bridgehead atoms. The third-order valence-corrected chi connectivity index (χ3v) is 2.55. The predicted octanol–water partition coefficient (Wildman–Crippen LogP) is 2.51. The van der Waals surface area contributed by atoms with Crippen LogP contribution in [0.25, 0.3) is 0 Å². The Kier molecular flexibility index (Phi) is 5.00. The van der Waals surface area contributed by atoms with Gasteiger partial charge in [0, 0.05) is 5.02 Å². The van der Waals surface area contributed by atoms with Crippen molar-refractivity contribution in [2.45, 2.75) is 39.3 Å². The number of rotatable bonds is 3. The maximum atomic E-state index is 11.9. The monoisotopic (exact) mass is 299 g/mol. The highest BCUT2D eigenvalue weighted by Gasteiger charge is 2.24. The van der Waals surface area contributed by atoms with Gasteiger partial charge in [0.05, 0.1) is 5.56 Å². The van der Waals surface area contributed by atoms with Gasteiger partial charge < -0.3 is 15.2 Å². The number of halogens is 1. The summed E-state index contributed by atoms with van der Waals surface area (Å²) >= 11 is 5.68. The first kappa shape index (κ1) is 16.3. The molecule has 1 rings (SSSR count). The predicted molar refractivity (Wildman–Crippen MR) is 75.9 cm³/mol. The van der Waals surface area contributed by atoms with Crippen LogP contribution in [-0.2, 0) is 9.53 Å². The van der Waals surface area contributed by atoms with E-state index < -0.39 is 23.5 Å². The first-order valence-electron chi connectivity index (χ1n) is 6.12. The van der Waals surface area contributed by atoms with Crippen molar-refractivity contribution in [3.8, 4) is 5.75 Å². The number of aromatic hydroxyl groups is 1. The molecule has 1 amide bonds. The fraction of sp³-hybridized carbons (Fsp3) is 0.429. The minimum Gasteiger partial charge on any atom is -0.507 e. The Morgan fingerprint density at radius 2 is 1.95 bits per heavy atom.